The molecule has 0 unspecified atom stereocenters. The highest BCUT2D eigenvalue weighted by Gasteiger charge is 2.02. The molecule has 1 rings (SSSR count). The van der Waals surface area contributed by atoms with Crippen LogP contribution in [0.1, 0.15) is 16.7 Å². The van der Waals surface area contributed by atoms with Gasteiger partial charge in [-0.1, -0.05) is 5.92 Å². The number of phenolic OH excluding ortho intramolecular Hbond substituents is 1. The van der Waals surface area contributed by atoms with Crippen molar-refractivity contribution in [3.8, 4) is 17.6 Å². The fourth-order valence-corrected chi connectivity index (χ4v) is 1.30. The quantitative estimate of drug-likeness (QED) is 0.515. The minimum absolute atomic E-state index is 0.202. The molecule has 0 aliphatic rings. The lowest BCUT2D eigenvalue weighted by Gasteiger charge is -2.03. The van der Waals surface area contributed by atoms with E-state index in [2.05, 4.69) is 16.6 Å². The van der Waals surface area contributed by atoms with Gasteiger partial charge in [-0.3, -0.25) is 0 Å². The summed E-state index contributed by atoms with van der Waals surface area (Å²) < 4.78 is 4.41. The van der Waals surface area contributed by atoms with Crippen molar-refractivity contribution in [1.29, 1.82) is 0 Å². The maximum absolute atomic E-state index is 10.8. The molecule has 0 aliphatic carbocycles. The summed E-state index contributed by atoms with van der Waals surface area (Å²) in [5.74, 6) is 4.72. The molecular formula is C12H12O3. The molecule has 0 heterocycles. The number of hydrogen-bond acceptors (Lipinski definition) is 3. The number of benzene rings is 1. The molecule has 1 N–H and O–H groups in total. The van der Waals surface area contributed by atoms with Crippen molar-refractivity contribution in [3.05, 3.63) is 28.8 Å². The van der Waals surface area contributed by atoms with Gasteiger partial charge in [-0.25, -0.2) is 4.79 Å². The van der Waals surface area contributed by atoms with Crippen LogP contribution in [0.5, 0.6) is 5.75 Å². The maximum Gasteiger partial charge on any atom is 0.384 e. The SMILES string of the molecule is COC(=O)C#Cc1c(C)cc(O)cc1C. The van der Waals surface area contributed by atoms with Crippen molar-refractivity contribution >= 4 is 5.97 Å². The first-order valence-corrected chi connectivity index (χ1v) is 4.44. The van der Waals surface area contributed by atoms with Crippen molar-refractivity contribution < 1.29 is 14.6 Å². The lowest BCUT2D eigenvalue weighted by atomic mass is 10.0. The highest BCUT2D eigenvalue weighted by atomic mass is 16.5. The molecule has 0 fully saturated rings. The Morgan fingerprint density at radius 3 is 2.33 bits per heavy atom. The van der Waals surface area contributed by atoms with E-state index >= 15 is 0 Å². The van der Waals surface area contributed by atoms with E-state index in [9.17, 15) is 9.90 Å². The molecule has 3 heteroatoms. The van der Waals surface area contributed by atoms with Gasteiger partial charge >= 0.3 is 5.97 Å². The molecule has 1 aromatic rings. The summed E-state index contributed by atoms with van der Waals surface area (Å²) in [7, 11) is 1.29. The van der Waals surface area contributed by atoms with Crippen LogP contribution in [0.15, 0.2) is 12.1 Å². The van der Waals surface area contributed by atoms with Crippen LogP contribution in [-0.2, 0) is 9.53 Å². The average molecular weight is 204 g/mol. The van der Waals surface area contributed by atoms with Gasteiger partial charge in [0.15, 0.2) is 0 Å². The molecule has 0 radical (unpaired) electrons. The van der Waals surface area contributed by atoms with E-state index in [1.54, 1.807) is 12.1 Å². The highest BCUT2D eigenvalue weighted by molar-refractivity contribution is 5.89. The van der Waals surface area contributed by atoms with Crippen LogP contribution < -0.4 is 0 Å². The zero-order valence-electron chi connectivity index (χ0n) is 8.92. The summed E-state index contributed by atoms with van der Waals surface area (Å²) in [6, 6.07) is 3.21. The van der Waals surface area contributed by atoms with Gasteiger partial charge in [0.1, 0.15) is 5.75 Å². The standard InChI is InChI=1S/C12H12O3/c1-8-6-10(13)7-9(2)11(8)4-5-12(14)15-3/h6-7,13H,1-3H3. The molecule has 0 atom stereocenters. The van der Waals surface area contributed by atoms with Crippen molar-refractivity contribution in [2.24, 2.45) is 0 Å². The third-order valence-electron chi connectivity index (χ3n) is 1.99. The van der Waals surface area contributed by atoms with E-state index in [0.29, 0.717) is 0 Å². The summed E-state index contributed by atoms with van der Waals surface area (Å²) in [6.07, 6.45) is 0. The molecular weight excluding hydrogens is 192 g/mol. The molecule has 78 valence electrons. The minimum atomic E-state index is -0.568. The van der Waals surface area contributed by atoms with Crippen molar-refractivity contribution in [3.63, 3.8) is 0 Å². The number of phenols is 1. The van der Waals surface area contributed by atoms with E-state index in [0.717, 1.165) is 16.7 Å². The number of ether oxygens (including phenoxy) is 1. The van der Waals surface area contributed by atoms with Crippen LogP contribution in [-0.4, -0.2) is 18.2 Å². The summed E-state index contributed by atoms with van der Waals surface area (Å²) in [5.41, 5.74) is 2.42. The maximum atomic E-state index is 10.8. The molecule has 0 spiro atoms. The molecule has 0 bridgehead atoms. The third-order valence-corrected chi connectivity index (χ3v) is 1.99. The van der Waals surface area contributed by atoms with E-state index in [4.69, 9.17) is 0 Å². The van der Waals surface area contributed by atoms with Crippen molar-refractivity contribution in [2.45, 2.75) is 13.8 Å². The first-order chi connectivity index (χ1) is 7.04. The smallest absolute Gasteiger partial charge is 0.384 e. The predicted molar refractivity (Wildman–Crippen MR) is 56.5 cm³/mol. The van der Waals surface area contributed by atoms with Crippen LogP contribution in [0.2, 0.25) is 0 Å². The van der Waals surface area contributed by atoms with Crippen molar-refractivity contribution in [2.75, 3.05) is 7.11 Å². The second kappa shape index (κ2) is 4.52. The Hall–Kier alpha value is -1.95. The summed E-state index contributed by atoms with van der Waals surface area (Å²) in [4.78, 5) is 10.8. The van der Waals surface area contributed by atoms with Gasteiger partial charge in [-0.2, -0.15) is 0 Å². The van der Waals surface area contributed by atoms with Crippen LogP contribution >= 0.6 is 0 Å². The number of rotatable bonds is 0. The minimum Gasteiger partial charge on any atom is -0.508 e. The zero-order chi connectivity index (χ0) is 11.4. The predicted octanol–water partition coefficient (Wildman–Crippen LogP) is 1.53. The number of aromatic hydroxyl groups is 1. The molecule has 1 aromatic carbocycles. The molecule has 0 saturated heterocycles. The van der Waals surface area contributed by atoms with E-state index in [-0.39, 0.29) is 5.75 Å². The second-order valence-corrected chi connectivity index (χ2v) is 3.20. The Labute approximate surface area is 88.7 Å². The van der Waals surface area contributed by atoms with E-state index in [1.165, 1.54) is 7.11 Å². The largest absolute Gasteiger partial charge is 0.508 e. The van der Waals surface area contributed by atoms with Gasteiger partial charge in [0.25, 0.3) is 0 Å². The van der Waals surface area contributed by atoms with Crippen LogP contribution in [0.4, 0.5) is 0 Å². The van der Waals surface area contributed by atoms with Gasteiger partial charge < -0.3 is 9.84 Å². The first-order valence-electron chi connectivity index (χ1n) is 4.44. The normalized spacial score (nSPS) is 9.00. The van der Waals surface area contributed by atoms with E-state index in [1.807, 2.05) is 13.8 Å². The summed E-state index contributed by atoms with van der Waals surface area (Å²) >= 11 is 0. The molecule has 0 saturated carbocycles. The third kappa shape index (κ3) is 2.75. The number of hydrogen-bond donors (Lipinski definition) is 1. The second-order valence-electron chi connectivity index (χ2n) is 3.20. The molecule has 15 heavy (non-hydrogen) atoms. The number of carbonyl (C=O) groups is 1. The number of methoxy groups -OCH3 is 1. The Morgan fingerprint density at radius 1 is 1.33 bits per heavy atom. The fraction of sp³-hybridized carbons (Fsp3) is 0.250. The molecule has 0 amide bonds. The van der Waals surface area contributed by atoms with Crippen LogP contribution in [0.3, 0.4) is 0 Å². The Balaban J connectivity index is 3.14. The topological polar surface area (TPSA) is 46.5 Å². The molecule has 3 nitrogen and oxygen atoms in total. The number of esters is 1. The van der Waals surface area contributed by atoms with E-state index < -0.39 is 5.97 Å². The Kier molecular flexibility index (Phi) is 3.35. The van der Waals surface area contributed by atoms with Gasteiger partial charge in [0.05, 0.1) is 7.11 Å². The van der Waals surface area contributed by atoms with Gasteiger partial charge in [0, 0.05) is 11.5 Å². The molecule has 0 aromatic heterocycles. The van der Waals surface area contributed by atoms with Gasteiger partial charge in [-0.05, 0) is 37.1 Å². The monoisotopic (exact) mass is 204 g/mol. The van der Waals surface area contributed by atoms with Gasteiger partial charge in [0.2, 0.25) is 0 Å². The highest BCUT2D eigenvalue weighted by Crippen LogP contribution is 2.19. The zero-order valence-corrected chi connectivity index (χ0v) is 8.92. The number of carbonyl (C=O) groups excluding carboxylic acids is 1. The van der Waals surface area contributed by atoms with Crippen LogP contribution in [0, 0.1) is 25.7 Å². The average Bonchev–Trinajstić information content (AvgIpc) is 2.15. The lowest BCUT2D eigenvalue weighted by molar-refractivity contribution is -0.133. The number of aryl methyl sites for hydroxylation is 2. The fourth-order valence-electron chi connectivity index (χ4n) is 1.30. The lowest BCUT2D eigenvalue weighted by Crippen LogP contribution is -1.95. The Bertz CT molecular complexity index is 427. The Morgan fingerprint density at radius 2 is 1.87 bits per heavy atom. The summed E-state index contributed by atoms with van der Waals surface area (Å²) in [5, 5.41) is 9.30. The van der Waals surface area contributed by atoms with Gasteiger partial charge in [-0.15, -0.1) is 0 Å². The molecule has 0 aliphatic heterocycles. The van der Waals surface area contributed by atoms with Crippen LogP contribution in [0.25, 0.3) is 0 Å². The summed E-state index contributed by atoms with van der Waals surface area (Å²) in [6.45, 7) is 3.65. The first kappa shape index (κ1) is 11.1. The van der Waals surface area contributed by atoms with Crippen molar-refractivity contribution in [1.82, 2.24) is 0 Å².